The van der Waals surface area contributed by atoms with Crippen molar-refractivity contribution in [2.45, 2.75) is 23.8 Å². The van der Waals surface area contributed by atoms with Crippen LogP contribution in [-0.2, 0) is 4.79 Å². The number of nitrogens with zero attached hydrogens (tertiary/aromatic N) is 1. The van der Waals surface area contributed by atoms with Crippen molar-refractivity contribution in [2.24, 2.45) is 0 Å². The predicted octanol–water partition coefficient (Wildman–Crippen LogP) is 3.14. The van der Waals surface area contributed by atoms with Gasteiger partial charge < -0.3 is 10.2 Å². The molecule has 4 heteroatoms. The van der Waals surface area contributed by atoms with Gasteiger partial charge in [0.15, 0.2) is 0 Å². The van der Waals surface area contributed by atoms with E-state index < -0.39 is 0 Å². The van der Waals surface area contributed by atoms with E-state index in [2.05, 4.69) is 35.6 Å². The lowest BCUT2D eigenvalue weighted by Crippen LogP contribution is -2.44. The van der Waals surface area contributed by atoms with Crippen molar-refractivity contribution in [3.05, 3.63) is 42.5 Å². The van der Waals surface area contributed by atoms with E-state index in [4.69, 9.17) is 0 Å². The van der Waals surface area contributed by atoms with Gasteiger partial charge in [-0.3, -0.25) is 4.79 Å². The molecule has 22 heavy (non-hydrogen) atoms. The Bertz CT molecular complexity index is 650. The summed E-state index contributed by atoms with van der Waals surface area (Å²) in [4.78, 5) is 15.5. The molecule has 1 amide bonds. The molecule has 0 saturated carbocycles. The van der Waals surface area contributed by atoms with Crippen LogP contribution in [0.25, 0.3) is 10.8 Å². The van der Waals surface area contributed by atoms with Gasteiger partial charge in [-0.1, -0.05) is 30.3 Å². The SMILES string of the molecule is CNC1CCN(C(=O)CSc2ccc3ccccc3c2)CC1. The number of carbonyl (C=O) groups excluding carboxylic acids is 1. The fourth-order valence-electron chi connectivity index (χ4n) is 2.91. The Morgan fingerprint density at radius 3 is 2.64 bits per heavy atom. The Balaban J connectivity index is 1.56. The molecule has 2 aromatic rings. The minimum Gasteiger partial charge on any atom is -0.342 e. The van der Waals surface area contributed by atoms with Gasteiger partial charge >= 0.3 is 0 Å². The maximum atomic E-state index is 12.3. The molecule has 116 valence electrons. The second kappa shape index (κ2) is 7.16. The fraction of sp³-hybridized carbons (Fsp3) is 0.389. The van der Waals surface area contributed by atoms with Crippen molar-refractivity contribution in [1.82, 2.24) is 10.2 Å². The summed E-state index contributed by atoms with van der Waals surface area (Å²) >= 11 is 1.64. The van der Waals surface area contributed by atoms with E-state index in [1.165, 1.54) is 10.8 Å². The normalized spacial score (nSPS) is 16.1. The predicted molar refractivity (Wildman–Crippen MR) is 93.3 cm³/mol. The van der Waals surface area contributed by atoms with Crippen LogP contribution >= 0.6 is 11.8 Å². The maximum absolute atomic E-state index is 12.3. The second-order valence-corrected chi connectivity index (χ2v) is 6.79. The van der Waals surface area contributed by atoms with Crippen LogP contribution in [0.3, 0.4) is 0 Å². The molecule has 0 radical (unpaired) electrons. The third kappa shape index (κ3) is 3.62. The molecule has 1 aliphatic rings. The second-order valence-electron chi connectivity index (χ2n) is 5.74. The average Bonchev–Trinajstić information content (AvgIpc) is 2.59. The molecule has 0 aromatic heterocycles. The minimum atomic E-state index is 0.257. The molecule has 1 N–H and O–H groups in total. The number of piperidine rings is 1. The number of benzene rings is 2. The molecule has 2 aromatic carbocycles. The maximum Gasteiger partial charge on any atom is 0.232 e. The number of nitrogens with one attached hydrogen (secondary N) is 1. The molecule has 3 nitrogen and oxygen atoms in total. The van der Waals surface area contributed by atoms with E-state index in [0.29, 0.717) is 11.8 Å². The highest BCUT2D eigenvalue weighted by Crippen LogP contribution is 2.24. The van der Waals surface area contributed by atoms with Gasteiger partial charge in [-0.15, -0.1) is 11.8 Å². The number of hydrogen-bond donors (Lipinski definition) is 1. The highest BCUT2D eigenvalue weighted by atomic mass is 32.2. The quantitative estimate of drug-likeness (QED) is 0.880. The van der Waals surface area contributed by atoms with E-state index in [9.17, 15) is 4.79 Å². The monoisotopic (exact) mass is 314 g/mol. The lowest BCUT2D eigenvalue weighted by Gasteiger charge is -2.31. The molecule has 0 aliphatic carbocycles. The number of likely N-dealkylation sites (tertiary alicyclic amines) is 1. The van der Waals surface area contributed by atoms with E-state index in [-0.39, 0.29) is 5.91 Å². The lowest BCUT2D eigenvalue weighted by atomic mass is 10.1. The van der Waals surface area contributed by atoms with E-state index >= 15 is 0 Å². The Morgan fingerprint density at radius 2 is 1.91 bits per heavy atom. The first-order valence-electron chi connectivity index (χ1n) is 7.83. The van der Waals surface area contributed by atoms with Crippen molar-refractivity contribution in [1.29, 1.82) is 0 Å². The zero-order valence-corrected chi connectivity index (χ0v) is 13.7. The number of amides is 1. The Hall–Kier alpha value is -1.52. The molecule has 0 bridgehead atoms. The number of thioether (sulfide) groups is 1. The summed E-state index contributed by atoms with van der Waals surface area (Å²) in [7, 11) is 2.00. The van der Waals surface area contributed by atoms with Gasteiger partial charge in [-0.05, 0) is 42.8 Å². The number of fused-ring (bicyclic) bond motifs is 1. The van der Waals surface area contributed by atoms with Crippen LogP contribution in [-0.4, -0.2) is 42.7 Å². The van der Waals surface area contributed by atoms with Crippen molar-refractivity contribution in [2.75, 3.05) is 25.9 Å². The summed E-state index contributed by atoms with van der Waals surface area (Å²) in [5.74, 6) is 0.787. The third-order valence-electron chi connectivity index (χ3n) is 4.34. The zero-order valence-electron chi connectivity index (χ0n) is 12.9. The van der Waals surface area contributed by atoms with Crippen LogP contribution in [0.15, 0.2) is 47.4 Å². The van der Waals surface area contributed by atoms with E-state index in [1.54, 1.807) is 11.8 Å². The fourth-order valence-corrected chi connectivity index (χ4v) is 3.76. The van der Waals surface area contributed by atoms with Gasteiger partial charge in [0.2, 0.25) is 5.91 Å². The molecule has 1 fully saturated rings. The average molecular weight is 314 g/mol. The van der Waals surface area contributed by atoms with Crippen molar-refractivity contribution >= 4 is 28.4 Å². The number of rotatable bonds is 4. The largest absolute Gasteiger partial charge is 0.342 e. The lowest BCUT2D eigenvalue weighted by molar-refractivity contribution is -0.129. The van der Waals surface area contributed by atoms with Gasteiger partial charge in [-0.2, -0.15) is 0 Å². The summed E-state index contributed by atoms with van der Waals surface area (Å²) in [5.41, 5.74) is 0. The Kier molecular flexibility index (Phi) is 5.01. The summed E-state index contributed by atoms with van der Waals surface area (Å²) in [6.45, 7) is 1.76. The van der Waals surface area contributed by atoms with Crippen LogP contribution in [0.1, 0.15) is 12.8 Å². The highest BCUT2D eigenvalue weighted by Gasteiger charge is 2.21. The molecule has 1 saturated heterocycles. The molecule has 1 heterocycles. The van der Waals surface area contributed by atoms with E-state index in [0.717, 1.165) is 30.8 Å². The first-order valence-corrected chi connectivity index (χ1v) is 8.81. The first-order chi connectivity index (χ1) is 10.8. The zero-order chi connectivity index (χ0) is 15.4. The topological polar surface area (TPSA) is 32.3 Å². The summed E-state index contributed by atoms with van der Waals surface area (Å²) in [6, 6.07) is 15.3. The van der Waals surface area contributed by atoms with Crippen LogP contribution < -0.4 is 5.32 Å². The molecular formula is C18H22N2OS. The summed E-state index contributed by atoms with van der Waals surface area (Å²) in [6.07, 6.45) is 2.12. The Labute approximate surface area is 136 Å². The highest BCUT2D eigenvalue weighted by molar-refractivity contribution is 8.00. The van der Waals surface area contributed by atoms with Gasteiger partial charge in [0.05, 0.1) is 5.75 Å². The summed E-state index contributed by atoms with van der Waals surface area (Å²) in [5, 5.41) is 5.77. The van der Waals surface area contributed by atoms with Crippen LogP contribution in [0, 0.1) is 0 Å². The molecule has 0 spiro atoms. The number of hydrogen-bond acceptors (Lipinski definition) is 3. The molecule has 0 atom stereocenters. The molecule has 1 aliphatic heterocycles. The van der Waals surface area contributed by atoms with Crippen molar-refractivity contribution in [3.63, 3.8) is 0 Å². The smallest absolute Gasteiger partial charge is 0.232 e. The van der Waals surface area contributed by atoms with Crippen molar-refractivity contribution in [3.8, 4) is 0 Å². The van der Waals surface area contributed by atoms with Gasteiger partial charge in [0, 0.05) is 24.0 Å². The standard InChI is InChI=1S/C18H22N2OS/c1-19-16-8-10-20(11-9-16)18(21)13-22-17-7-6-14-4-2-3-5-15(14)12-17/h2-7,12,16,19H,8-11,13H2,1H3. The van der Waals surface area contributed by atoms with Crippen molar-refractivity contribution < 1.29 is 4.79 Å². The third-order valence-corrected chi connectivity index (χ3v) is 5.32. The van der Waals surface area contributed by atoms with Crippen LogP contribution in [0.2, 0.25) is 0 Å². The molecular weight excluding hydrogens is 292 g/mol. The Morgan fingerprint density at radius 1 is 1.18 bits per heavy atom. The van der Waals surface area contributed by atoms with Gasteiger partial charge in [0.25, 0.3) is 0 Å². The summed E-state index contributed by atoms with van der Waals surface area (Å²) < 4.78 is 0. The minimum absolute atomic E-state index is 0.257. The van der Waals surface area contributed by atoms with Crippen LogP contribution in [0.4, 0.5) is 0 Å². The first kappa shape index (κ1) is 15.4. The van der Waals surface area contributed by atoms with Gasteiger partial charge in [0.1, 0.15) is 0 Å². The molecule has 3 rings (SSSR count). The number of carbonyl (C=O) groups is 1. The van der Waals surface area contributed by atoms with Crippen LogP contribution in [0.5, 0.6) is 0 Å². The van der Waals surface area contributed by atoms with E-state index in [1.807, 2.05) is 24.1 Å². The molecule has 0 unspecified atom stereocenters. The van der Waals surface area contributed by atoms with Gasteiger partial charge in [-0.25, -0.2) is 0 Å².